The van der Waals surface area contributed by atoms with Crippen molar-refractivity contribution >= 4 is 0 Å². The smallest absolute Gasteiger partial charge is 0.160 e. The van der Waals surface area contributed by atoms with E-state index in [9.17, 15) is 10.2 Å². The van der Waals surface area contributed by atoms with Crippen LogP contribution in [0.3, 0.4) is 0 Å². The zero-order valence-corrected chi connectivity index (χ0v) is 11.8. The monoisotopic (exact) mass is 274 g/mol. The maximum Gasteiger partial charge on any atom is 0.160 e. The van der Waals surface area contributed by atoms with Crippen molar-refractivity contribution in [1.29, 1.82) is 0 Å². The summed E-state index contributed by atoms with van der Waals surface area (Å²) in [5.41, 5.74) is 2.01. The lowest BCUT2D eigenvalue weighted by Crippen LogP contribution is -1.98. The van der Waals surface area contributed by atoms with Crippen LogP contribution in [0.5, 0.6) is 23.0 Å². The highest BCUT2D eigenvalue weighted by Gasteiger charge is 2.13. The highest BCUT2D eigenvalue weighted by molar-refractivity contribution is 5.48. The fraction of sp³-hybridized carbons (Fsp3) is 0.250. The van der Waals surface area contributed by atoms with Crippen LogP contribution < -0.4 is 9.47 Å². The van der Waals surface area contributed by atoms with Crippen molar-refractivity contribution in [2.75, 3.05) is 14.2 Å². The molecule has 0 aliphatic rings. The number of hydrogen-bond donors (Lipinski definition) is 2. The van der Waals surface area contributed by atoms with Crippen molar-refractivity contribution in [3.63, 3.8) is 0 Å². The fourth-order valence-electron chi connectivity index (χ4n) is 2.12. The van der Waals surface area contributed by atoms with Crippen molar-refractivity contribution in [2.24, 2.45) is 0 Å². The average molecular weight is 274 g/mol. The Balaban J connectivity index is 2.38. The van der Waals surface area contributed by atoms with E-state index in [1.807, 2.05) is 19.1 Å². The van der Waals surface area contributed by atoms with E-state index in [0.717, 1.165) is 11.1 Å². The van der Waals surface area contributed by atoms with Gasteiger partial charge >= 0.3 is 0 Å². The summed E-state index contributed by atoms with van der Waals surface area (Å²) < 4.78 is 10.2. The van der Waals surface area contributed by atoms with Gasteiger partial charge in [-0.3, -0.25) is 0 Å². The van der Waals surface area contributed by atoms with Gasteiger partial charge in [-0.05, 0) is 35.4 Å². The van der Waals surface area contributed by atoms with E-state index in [4.69, 9.17) is 9.47 Å². The van der Waals surface area contributed by atoms with Gasteiger partial charge < -0.3 is 19.7 Å². The molecule has 0 bridgehead atoms. The summed E-state index contributed by atoms with van der Waals surface area (Å²) in [5.74, 6) is 1.21. The van der Waals surface area contributed by atoms with E-state index in [1.165, 1.54) is 14.2 Å². The molecule has 4 heteroatoms. The Kier molecular flexibility index (Phi) is 4.03. The molecule has 0 spiro atoms. The number of rotatable bonds is 4. The summed E-state index contributed by atoms with van der Waals surface area (Å²) in [7, 11) is 3.04. The van der Waals surface area contributed by atoms with Crippen LogP contribution in [0.4, 0.5) is 0 Å². The molecule has 0 atom stereocenters. The third-order valence-electron chi connectivity index (χ3n) is 3.41. The van der Waals surface area contributed by atoms with Crippen LogP contribution in [0.2, 0.25) is 0 Å². The van der Waals surface area contributed by atoms with Crippen molar-refractivity contribution in [1.82, 2.24) is 0 Å². The van der Waals surface area contributed by atoms with Gasteiger partial charge in [0.25, 0.3) is 0 Å². The number of phenols is 2. The Hall–Kier alpha value is -2.36. The summed E-state index contributed by atoms with van der Waals surface area (Å²) in [6, 6.07) is 10.5. The maximum atomic E-state index is 9.63. The van der Waals surface area contributed by atoms with Gasteiger partial charge in [0.15, 0.2) is 23.0 Å². The molecule has 106 valence electrons. The topological polar surface area (TPSA) is 58.9 Å². The molecule has 0 aliphatic carbocycles. The van der Waals surface area contributed by atoms with Crippen LogP contribution in [-0.4, -0.2) is 24.4 Å². The first-order valence-corrected chi connectivity index (χ1v) is 6.30. The molecule has 2 rings (SSSR count). The lowest BCUT2D eigenvalue weighted by Gasteiger charge is -2.15. The molecule has 2 aromatic carbocycles. The summed E-state index contributed by atoms with van der Waals surface area (Å²) in [6.07, 6.45) is 0. The Morgan fingerprint density at radius 3 is 1.55 bits per heavy atom. The standard InChI is InChI=1S/C16H18O4/c1-10(11-4-6-13(17)15(8-11)19-2)12-5-7-14(18)16(9-12)20-3/h4-10,17-18H,1-3H3. The third-order valence-corrected chi connectivity index (χ3v) is 3.41. The normalized spacial score (nSPS) is 10.6. The predicted octanol–water partition coefficient (Wildman–Crippen LogP) is 3.27. The molecule has 0 aliphatic heterocycles. The van der Waals surface area contributed by atoms with Crippen LogP contribution in [0.15, 0.2) is 36.4 Å². The molecule has 0 fully saturated rings. The number of phenolic OH excluding ortho intramolecular Hbond substituents is 2. The molecule has 0 saturated heterocycles. The Morgan fingerprint density at radius 1 is 0.800 bits per heavy atom. The van der Waals surface area contributed by atoms with Crippen molar-refractivity contribution in [3.05, 3.63) is 47.5 Å². The van der Waals surface area contributed by atoms with Crippen LogP contribution in [0, 0.1) is 0 Å². The molecular weight excluding hydrogens is 256 g/mol. The summed E-state index contributed by atoms with van der Waals surface area (Å²) >= 11 is 0. The molecule has 2 N–H and O–H groups in total. The highest BCUT2D eigenvalue weighted by Crippen LogP contribution is 2.35. The highest BCUT2D eigenvalue weighted by atomic mass is 16.5. The van der Waals surface area contributed by atoms with Crippen LogP contribution in [0.1, 0.15) is 24.0 Å². The second kappa shape index (κ2) is 5.74. The first kappa shape index (κ1) is 14.1. The molecule has 0 amide bonds. The first-order valence-electron chi connectivity index (χ1n) is 6.30. The zero-order chi connectivity index (χ0) is 14.7. The molecule has 2 aromatic rings. The minimum absolute atomic E-state index is 0.0824. The van der Waals surface area contributed by atoms with E-state index < -0.39 is 0 Å². The van der Waals surface area contributed by atoms with Gasteiger partial charge in [0.1, 0.15) is 0 Å². The van der Waals surface area contributed by atoms with E-state index in [1.54, 1.807) is 24.3 Å². The Morgan fingerprint density at radius 2 is 1.20 bits per heavy atom. The van der Waals surface area contributed by atoms with Gasteiger partial charge in [-0.15, -0.1) is 0 Å². The van der Waals surface area contributed by atoms with Crippen molar-refractivity contribution in [3.8, 4) is 23.0 Å². The van der Waals surface area contributed by atoms with Gasteiger partial charge in [0.05, 0.1) is 14.2 Å². The van der Waals surface area contributed by atoms with Gasteiger partial charge in [-0.1, -0.05) is 19.1 Å². The zero-order valence-electron chi connectivity index (χ0n) is 11.8. The van der Waals surface area contributed by atoms with E-state index in [2.05, 4.69) is 0 Å². The quantitative estimate of drug-likeness (QED) is 0.898. The van der Waals surface area contributed by atoms with Crippen molar-refractivity contribution in [2.45, 2.75) is 12.8 Å². The third kappa shape index (κ3) is 2.64. The number of hydrogen-bond acceptors (Lipinski definition) is 4. The number of methoxy groups -OCH3 is 2. The molecule has 20 heavy (non-hydrogen) atoms. The molecule has 0 unspecified atom stereocenters. The van der Waals surface area contributed by atoms with Crippen LogP contribution in [-0.2, 0) is 0 Å². The number of aromatic hydroxyl groups is 2. The van der Waals surface area contributed by atoms with Crippen LogP contribution in [0.25, 0.3) is 0 Å². The average Bonchev–Trinajstić information content (AvgIpc) is 2.47. The van der Waals surface area contributed by atoms with Gasteiger partial charge in [-0.2, -0.15) is 0 Å². The molecule has 0 aromatic heterocycles. The number of ether oxygens (including phenoxy) is 2. The van der Waals surface area contributed by atoms with Crippen molar-refractivity contribution < 1.29 is 19.7 Å². The molecule has 4 nitrogen and oxygen atoms in total. The Labute approximate surface area is 118 Å². The SMILES string of the molecule is COc1cc(C(C)c2ccc(O)c(OC)c2)ccc1O. The van der Waals surface area contributed by atoms with Gasteiger partial charge in [0, 0.05) is 5.92 Å². The second-order valence-electron chi connectivity index (χ2n) is 4.58. The minimum Gasteiger partial charge on any atom is -0.504 e. The Bertz CT molecular complexity index is 554. The predicted molar refractivity (Wildman–Crippen MR) is 76.8 cm³/mol. The largest absolute Gasteiger partial charge is 0.504 e. The number of benzene rings is 2. The summed E-state index contributed by atoms with van der Waals surface area (Å²) in [6.45, 7) is 2.04. The molecule has 0 saturated carbocycles. The summed E-state index contributed by atoms with van der Waals surface area (Å²) in [5, 5.41) is 19.3. The van der Waals surface area contributed by atoms with E-state index in [-0.39, 0.29) is 17.4 Å². The second-order valence-corrected chi connectivity index (χ2v) is 4.58. The summed E-state index contributed by atoms with van der Waals surface area (Å²) in [4.78, 5) is 0. The van der Waals surface area contributed by atoms with Crippen LogP contribution >= 0.6 is 0 Å². The molecule has 0 heterocycles. The molecule has 0 radical (unpaired) electrons. The minimum atomic E-state index is 0.0824. The lowest BCUT2D eigenvalue weighted by molar-refractivity contribution is 0.372. The lowest BCUT2D eigenvalue weighted by atomic mass is 9.92. The van der Waals surface area contributed by atoms with Gasteiger partial charge in [0.2, 0.25) is 0 Å². The fourth-order valence-corrected chi connectivity index (χ4v) is 2.12. The first-order chi connectivity index (χ1) is 9.56. The van der Waals surface area contributed by atoms with Gasteiger partial charge in [-0.25, -0.2) is 0 Å². The molecular formula is C16H18O4. The van der Waals surface area contributed by atoms with E-state index in [0.29, 0.717) is 11.5 Å². The maximum absolute atomic E-state index is 9.63. The van der Waals surface area contributed by atoms with E-state index >= 15 is 0 Å².